The van der Waals surface area contributed by atoms with E-state index in [2.05, 4.69) is 10.1 Å². The summed E-state index contributed by atoms with van der Waals surface area (Å²) in [6, 6.07) is 15.8. The molecule has 0 spiro atoms. The van der Waals surface area contributed by atoms with Gasteiger partial charge in [-0.3, -0.25) is 14.9 Å². The fraction of sp³-hybridized carbons (Fsp3) is 0.100. The van der Waals surface area contributed by atoms with Gasteiger partial charge < -0.3 is 0 Å². The lowest BCUT2D eigenvalue weighted by Crippen LogP contribution is -2.16. The Hall–Kier alpha value is -3.14. The highest BCUT2D eigenvalue weighted by atomic mass is 16.1. The van der Waals surface area contributed by atoms with Gasteiger partial charge in [-0.05, 0) is 37.6 Å². The van der Waals surface area contributed by atoms with Crippen molar-refractivity contribution in [2.75, 3.05) is 0 Å². The Balaban J connectivity index is 1.85. The monoisotopic (exact) mass is 315 g/mol. The number of hydrogen-bond donors (Lipinski definition) is 1. The fourth-order valence-corrected chi connectivity index (χ4v) is 3.02. The summed E-state index contributed by atoms with van der Waals surface area (Å²) >= 11 is 0. The molecular weight excluding hydrogens is 298 g/mol. The molecule has 0 saturated carbocycles. The van der Waals surface area contributed by atoms with E-state index in [1.54, 1.807) is 4.68 Å². The van der Waals surface area contributed by atoms with Crippen LogP contribution in [0.3, 0.4) is 0 Å². The third-order valence-corrected chi connectivity index (χ3v) is 4.33. The number of aromatic nitrogens is 2. The molecule has 1 aliphatic rings. The summed E-state index contributed by atoms with van der Waals surface area (Å²) in [5.41, 5.74) is 6.33. The second kappa shape index (κ2) is 5.49. The largest absolute Gasteiger partial charge is 0.295 e. The number of fused-ring (bicyclic) bond motifs is 1. The molecule has 4 nitrogen and oxygen atoms in total. The molecule has 1 aliphatic heterocycles. The van der Waals surface area contributed by atoms with Gasteiger partial charge in [0.1, 0.15) is 0 Å². The molecule has 0 bridgehead atoms. The highest BCUT2D eigenvalue weighted by molar-refractivity contribution is 6.21. The smallest absolute Gasteiger partial charge is 0.278 e. The number of aryl methyl sites for hydroxylation is 2. The van der Waals surface area contributed by atoms with E-state index < -0.39 is 0 Å². The Kier molecular flexibility index (Phi) is 3.31. The molecule has 24 heavy (non-hydrogen) atoms. The van der Waals surface area contributed by atoms with Gasteiger partial charge in [-0.2, -0.15) is 0 Å². The van der Waals surface area contributed by atoms with Crippen LogP contribution in [0.4, 0.5) is 5.69 Å². The average molecular weight is 315 g/mol. The number of para-hydroxylation sites is 2. The van der Waals surface area contributed by atoms with E-state index in [9.17, 15) is 4.79 Å². The van der Waals surface area contributed by atoms with E-state index in [1.807, 2.05) is 74.7 Å². The van der Waals surface area contributed by atoms with Crippen molar-refractivity contribution in [2.24, 2.45) is 4.99 Å². The third kappa shape index (κ3) is 2.24. The van der Waals surface area contributed by atoms with E-state index in [1.165, 1.54) is 0 Å². The van der Waals surface area contributed by atoms with Crippen LogP contribution in [-0.4, -0.2) is 16.0 Å². The van der Waals surface area contributed by atoms with Crippen LogP contribution >= 0.6 is 0 Å². The molecule has 2 aromatic carbocycles. The van der Waals surface area contributed by atoms with E-state index in [4.69, 9.17) is 0 Å². The van der Waals surface area contributed by atoms with Crippen molar-refractivity contribution in [3.8, 4) is 5.69 Å². The molecule has 0 amide bonds. The lowest BCUT2D eigenvalue weighted by molar-refractivity contribution is 0.829. The van der Waals surface area contributed by atoms with Crippen LogP contribution in [0, 0.1) is 13.8 Å². The van der Waals surface area contributed by atoms with Gasteiger partial charge in [-0.25, -0.2) is 4.68 Å². The Bertz CT molecular complexity index is 1050. The maximum Gasteiger partial charge on any atom is 0.278 e. The zero-order valence-corrected chi connectivity index (χ0v) is 13.6. The summed E-state index contributed by atoms with van der Waals surface area (Å²) in [7, 11) is 0. The molecule has 4 heteroatoms. The standard InChI is InChI=1S/C20H17N3O/c1-13-7-3-6-10-19(13)23-20(24)17(14(2)22-23)11-15-12-21-18-9-5-4-8-16(15)18/h3-12,22H,1-2H3/b15-11+. The lowest BCUT2D eigenvalue weighted by atomic mass is 10.0. The molecule has 0 atom stereocenters. The minimum atomic E-state index is -0.0490. The minimum absolute atomic E-state index is 0.0490. The molecule has 0 saturated heterocycles. The molecule has 2 heterocycles. The normalized spacial score (nSPS) is 14.3. The van der Waals surface area contributed by atoms with Gasteiger partial charge in [-0.15, -0.1) is 0 Å². The highest BCUT2D eigenvalue weighted by Crippen LogP contribution is 2.32. The van der Waals surface area contributed by atoms with Crippen LogP contribution in [0.2, 0.25) is 0 Å². The zero-order valence-electron chi connectivity index (χ0n) is 13.6. The minimum Gasteiger partial charge on any atom is -0.295 e. The average Bonchev–Trinajstić information content (AvgIpc) is 3.12. The molecule has 0 unspecified atom stereocenters. The third-order valence-electron chi connectivity index (χ3n) is 4.33. The van der Waals surface area contributed by atoms with Crippen molar-refractivity contribution < 1.29 is 0 Å². The summed E-state index contributed by atoms with van der Waals surface area (Å²) < 4.78 is 1.61. The van der Waals surface area contributed by atoms with Crippen LogP contribution < -0.4 is 5.56 Å². The van der Waals surface area contributed by atoms with Crippen LogP contribution in [-0.2, 0) is 0 Å². The number of benzene rings is 2. The second-order valence-corrected chi connectivity index (χ2v) is 5.95. The molecule has 1 aromatic heterocycles. The van der Waals surface area contributed by atoms with Crippen LogP contribution in [0.1, 0.15) is 22.4 Å². The first-order valence-electron chi connectivity index (χ1n) is 7.88. The number of aliphatic imine (C=N–C) groups is 1. The maximum atomic E-state index is 12.9. The zero-order chi connectivity index (χ0) is 16.7. The van der Waals surface area contributed by atoms with Gasteiger partial charge in [0.2, 0.25) is 0 Å². The molecular formula is C20H17N3O. The topological polar surface area (TPSA) is 50.1 Å². The van der Waals surface area contributed by atoms with Crippen molar-refractivity contribution >= 4 is 23.6 Å². The summed E-state index contributed by atoms with van der Waals surface area (Å²) in [5.74, 6) is 0. The van der Waals surface area contributed by atoms with Crippen molar-refractivity contribution in [2.45, 2.75) is 13.8 Å². The first-order valence-corrected chi connectivity index (χ1v) is 7.88. The Morgan fingerprint density at radius 2 is 1.79 bits per heavy atom. The van der Waals surface area contributed by atoms with Gasteiger partial charge in [0, 0.05) is 23.0 Å². The number of aromatic amines is 1. The molecule has 1 N–H and O–H groups in total. The second-order valence-electron chi connectivity index (χ2n) is 5.95. The quantitative estimate of drug-likeness (QED) is 0.762. The number of hydrogen-bond acceptors (Lipinski definition) is 2. The summed E-state index contributed by atoms with van der Waals surface area (Å²) in [6.07, 6.45) is 3.73. The van der Waals surface area contributed by atoms with E-state index in [-0.39, 0.29) is 5.56 Å². The summed E-state index contributed by atoms with van der Waals surface area (Å²) in [6.45, 7) is 3.91. The van der Waals surface area contributed by atoms with Gasteiger partial charge in [0.15, 0.2) is 0 Å². The van der Waals surface area contributed by atoms with Gasteiger partial charge in [0.05, 0.1) is 16.9 Å². The predicted molar refractivity (Wildman–Crippen MR) is 98.3 cm³/mol. The molecule has 0 radical (unpaired) electrons. The summed E-state index contributed by atoms with van der Waals surface area (Å²) in [5, 5.41) is 3.18. The van der Waals surface area contributed by atoms with Gasteiger partial charge >= 0.3 is 0 Å². The number of rotatable bonds is 2. The first-order chi connectivity index (χ1) is 11.6. The predicted octanol–water partition coefficient (Wildman–Crippen LogP) is 4.04. The molecule has 118 valence electrons. The molecule has 0 fully saturated rings. The number of allylic oxidation sites excluding steroid dienone is 1. The summed E-state index contributed by atoms with van der Waals surface area (Å²) in [4.78, 5) is 17.3. The van der Waals surface area contributed by atoms with Gasteiger partial charge in [0.25, 0.3) is 5.56 Å². The van der Waals surface area contributed by atoms with Crippen molar-refractivity contribution in [3.63, 3.8) is 0 Å². The lowest BCUT2D eigenvalue weighted by Gasteiger charge is -2.04. The fourth-order valence-electron chi connectivity index (χ4n) is 3.02. The van der Waals surface area contributed by atoms with E-state index in [0.29, 0.717) is 5.56 Å². The van der Waals surface area contributed by atoms with E-state index >= 15 is 0 Å². The highest BCUT2D eigenvalue weighted by Gasteiger charge is 2.16. The van der Waals surface area contributed by atoms with Crippen LogP contribution in [0.25, 0.3) is 17.3 Å². The number of nitrogens with one attached hydrogen (secondary N) is 1. The van der Waals surface area contributed by atoms with Crippen molar-refractivity contribution in [1.29, 1.82) is 0 Å². The number of H-pyrrole nitrogens is 1. The first kappa shape index (κ1) is 14.5. The van der Waals surface area contributed by atoms with Crippen molar-refractivity contribution in [3.05, 3.63) is 81.3 Å². The molecule has 4 rings (SSSR count). The van der Waals surface area contributed by atoms with Crippen LogP contribution in [0.5, 0.6) is 0 Å². The SMILES string of the molecule is Cc1ccccc1-n1[nH]c(C)c(/C=C2\C=Nc3ccccc32)c1=O. The van der Waals surface area contributed by atoms with Crippen molar-refractivity contribution in [1.82, 2.24) is 9.78 Å². The Labute approximate surface area is 139 Å². The van der Waals surface area contributed by atoms with Gasteiger partial charge in [-0.1, -0.05) is 36.4 Å². The van der Waals surface area contributed by atoms with E-state index in [0.717, 1.165) is 33.8 Å². The Morgan fingerprint density at radius 3 is 2.62 bits per heavy atom. The Morgan fingerprint density at radius 1 is 1.04 bits per heavy atom. The maximum absolute atomic E-state index is 12.9. The molecule has 3 aromatic rings. The number of nitrogens with zero attached hydrogens (tertiary/aromatic N) is 2. The van der Waals surface area contributed by atoms with Crippen LogP contribution in [0.15, 0.2) is 58.3 Å². The molecule has 0 aliphatic carbocycles.